The summed E-state index contributed by atoms with van der Waals surface area (Å²) in [7, 11) is 0. The van der Waals surface area contributed by atoms with E-state index in [0.717, 1.165) is 17.9 Å². The van der Waals surface area contributed by atoms with E-state index in [0.29, 0.717) is 6.42 Å². The average Bonchev–Trinajstić information content (AvgIpc) is 2.55. The van der Waals surface area contributed by atoms with E-state index in [1.54, 1.807) is 24.2 Å². The molecule has 6 heteroatoms. The number of amides is 1. The molecule has 1 amide bonds. The highest BCUT2D eigenvalue weighted by Gasteiger charge is 2.12. The van der Waals surface area contributed by atoms with Crippen molar-refractivity contribution in [2.45, 2.75) is 18.9 Å². The summed E-state index contributed by atoms with van der Waals surface area (Å²) in [6.07, 6.45) is 7.13. The van der Waals surface area contributed by atoms with Crippen molar-refractivity contribution in [1.82, 2.24) is 4.98 Å². The van der Waals surface area contributed by atoms with Crippen molar-refractivity contribution >= 4 is 35.8 Å². The summed E-state index contributed by atoms with van der Waals surface area (Å²) >= 11 is 1.69. The summed E-state index contributed by atoms with van der Waals surface area (Å²) < 4.78 is 0. The van der Waals surface area contributed by atoms with E-state index in [4.69, 9.17) is 5.73 Å². The summed E-state index contributed by atoms with van der Waals surface area (Å²) in [5.74, 6) is 0.760. The van der Waals surface area contributed by atoms with E-state index >= 15 is 0 Å². The molecule has 0 aliphatic rings. The Morgan fingerprint density at radius 2 is 1.78 bits per heavy atom. The molecule has 0 spiro atoms. The minimum absolute atomic E-state index is 0. The van der Waals surface area contributed by atoms with Crippen LogP contribution >= 0.6 is 24.2 Å². The van der Waals surface area contributed by atoms with E-state index in [-0.39, 0.29) is 18.3 Å². The van der Waals surface area contributed by atoms with Gasteiger partial charge in [-0.3, -0.25) is 9.78 Å². The fourth-order valence-corrected chi connectivity index (χ4v) is 2.54. The summed E-state index contributed by atoms with van der Waals surface area (Å²) in [5.41, 5.74) is 9.04. The Morgan fingerprint density at radius 1 is 1.17 bits per heavy atom. The number of thioether (sulfide) groups is 1. The molecule has 0 saturated heterocycles. The van der Waals surface area contributed by atoms with Crippen LogP contribution in [0.1, 0.15) is 17.5 Å². The van der Waals surface area contributed by atoms with E-state index in [2.05, 4.69) is 10.3 Å². The fourth-order valence-electron chi connectivity index (χ4n) is 2.05. The van der Waals surface area contributed by atoms with Crippen LogP contribution in [0.15, 0.2) is 48.8 Å². The minimum Gasteiger partial charge on any atom is -0.325 e. The van der Waals surface area contributed by atoms with Crippen LogP contribution in [-0.4, -0.2) is 28.9 Å². The molecule has 0 fully saturated rings. The van der Waals surface area contributed by atoms with Crippen LogP contribution in [-0.2, 0) is 11.2 Å². The molecule has 0 aliphatic carbocycles. The number of nitrogens with zero attached hydrogens (tertiary/aromatic N) is 1. The maximum atomic E-state index is 11.9. The van der Waals surface area contributed by atoms with Crippen molar-refractivity contribution in [3.8, 4) is 0 Å². The molecular weight excluding hydrogens is 330 g/mol. The van der Waals surface area contributed by atoms with E-state index in [1.165, 1.54) is 11.1 Å². The third kappa shape index (κ3) is 6.60. The van der Waals surface area contributed by atoms with Crippen molar-refractivity contribution in [1.29, 1.82) is 0 Å². The van der Waals surface area contributed by atoms with Crippen LogP contribution in [0.2, 0.25) is 0 Å². The van der Waals surface area contributed by atoms with Crippen molar-refractivity contribution in [3.63, 3.8) is 0 Å². The normalized spacial score (nSPS) is 11.4. The minimum atomic E-state index is -0.455. The standard InChI is InChI=1S/C17H21N3OS.ClH/c1-22-11-8-16(18)17(21)20-15-4-2-13(3-5-15)12-14-6-9-19-10-7-14;/h2-7,9-10,16H,8,11-12,18H2,1H3,(H,20,21);1H/t16-;/m0./s1. The molecule has 0 saturated carbocycles. The molecule has 4 nitrogen and oxygen atoms in total. The number of pyridine rings is 1. The van der Waals surface area contributed by atoms with Gasteiger partial charge in [0.25, 0.3) is 0 Å². The van der Waals surface area contributed by atoms with Crippen LogP contribution in [0.4, 0.5) is 5.69 Å². The predicted molar refractivity (Wildman–Crippen MR) is 100 cm³/mol. The van der Waals surface area contributed by atoms with Gasteiger partial charge in [-0.15, -0.1) is 12.4 Å². The number of hydrogen-bond donors (Lipinski definition) is 2. The molecule has 3 N–H and O–H groups in total. The van der Waals surface area contributed by atoms with Crippen molar-refractivity contribution in [2.75, 3.05) is 17.3 Å². The highest BCUT2D eigenvalue weighted by atomic mass is 35.5. The number of nitrogens with two attached hydrogens (primary N) is 1. The van der Waals surface area contributed by atoms with E-state index in [1.807, 2.05) is 42.7 Å². The molecule has 2 rings (SSSR count). The van der Waals surface area contributed by atoms with E-state index < -0.39 is 6.04 Å². The number of benzene rings is 1. The first-order chi connectivity index (χ1) is 10.7. The highest BCUT2D eigenvalue weighted by molar-refractivity contribution is 7.98. The molecule has 0 unspecified atom stereocenters. The van der Waals surface area contributed by atoms with Crippen LogP contribution in [0, 0.1) is 0 Å². The van der Waals surface area contributed by atoms with Gasteiger partial charge in [0.2, 0.25) is 5.91 Å². The molecule has 2 aromatic rings. The predicted octanol–water partition coefficient (Wildman–Crippen LogP) is 3.11. The van der Waals surface area contributed by atoms with Gasteiger partial charge in [-0.05, 0) is 60.2 Å². The molecule has 1 aromatic heterocycles. The first-order valence-corrected chi connectivity index (χ1v) is 8.61. The smallest absolute Gasteiger partial charge is 0.241 e. The largest absolute Gasteiger partial charge is 0.325 e. The zero-order valence-electron chi connectivity index (χ0n) is 13.1. The number of aromatic nitrogens is 1. The second-order valence-electron chi connectivity index (χ2n) is 5.11. The van der Waals surface area contributed by atoms with Gasteiger partial charge in [0.05, 0.1) is 6.04 Å². The maximum Gasteiger partial charge on any atom is 0.241 e. The first kappa shape index (κ1) is 19.5. The lowest BCUT2D eigenvalue weighted by molar-refractivity contribution is -0.117. The monoisotopic (exact) mass is 351 g/mol. The number of halogens is 1. The lowest BCUT2D eigenvalue weighted by atomic mass is 10.1. The van der Waals surface area contributed by atoms with Crippen LogP contribution < -0.4 is 11.1 Å². The van der Waals surface area contributed by atoms with Gasteiger partial charge in [-0.25, -0.2) is 0 Å². The number of rotatable bonds is 7. The fraction of sp³-hybridized carbons (Fsp3) is 0.294. The van der Waals surface area contributed by atoms with Crippen LogP contribution in [0.25, 0.3) is 0 Å². The second kappa shape index (κ2) is 10.3. The van der Waals surface area contributed by atoms with Crippen LogP contribution in [0.5, 0.6) is 0 Å². The third-order valence-corrected chi connectivity index (χ3v) is 3.99. The zero-order valence-corrected chi connectivity index (χ0v) is 14.7. The molecule has 1 aromatic carbocycles. The second-order valence-corrected chi connectivity index (χ2v) is 6.09. The number of carbonyl (C=O) groups is 1. The summed E-state index contributed by atoms with van der Waals surface area (Å²) in [6, 6.07) is 11.4. The number of anilines is 1. The molecular formula is C17H22ClN3OS. The lowest BCUT2D eigenvalue weighted by Crippen LogP contribution is -2.36. The quantitative estimate of drug-likeness (QED) is 0.804. The Hall–Kier alpha value is -1.56. The van der Waals surface area contributed by atoms with Gasteiger partial charge in [0, 0.05) is 18.1 Å². The van der Waals surface area contributed by atoms with Crippen molar-refractivity contribution in [3.05, 3.63) is 59.9 Å². The zero-order chi connectivity index (χ0) is 15.8. The van der Waals surface area contributed by atoms with Gasteiger partial charge in [-0.2, -0.15) is 11.8 Å². The van der Waals surface area contributed by atoms with Crippen molar-refractivity contribution in [2.24, 2.45) is 5.73 Å². The van der Waals surface area contributed by atoms with E-state index in [9.17, 15) is 4.79 Å². The van der Waals surface area contributed by atoms with Gasteiger partial charge >= 0.3 is 0 Å². The molecule has 1 heterocycles. The molecule has 0 bridgehead atoms. The van der Waals surface area contributed by atoms with Crippen molar-refractivity contribution < 1.29 is 4.79 Å². The molecule has 124 valence electrons. The third-order valence-electron chi connectivity index (χ3n) is 3.35. The summed E-state index contributed by atoms with van der Waals surface area (Å²) in [4.78, 5) is 16.0. The van der Waals surface area contributed by atoms with Gasteiger partial charge in [0.1, 0.15) is 0 Å². The molecule has 0 aliphatic heterocycles. The number of nitrogens with one attached hydrogen (secondary N) is 1. The first-order valence-electron chi connectivity index (χ1n) is 7.22. The molecule has 23 heavy (non-hydrogen) atoms. The van der Waals surface area contributed by atoms with Crippen LogP contribution in [0.3, 0.4) is 0 Å². The Bertz CT molecular complexity index is 593. The lowest BCUT2D eigenvalue weighted by Gasteiger charge is -2.12. The summed E-state index contributed by atoms with van der Waals surface area (Å²) in [5, 5.41) is 2.86. The Balaban J connectivity index is 0.00000264. The maximum absolute atomic E-state index is 11.9. The Labute approximate surface area is 147 Å². The van der Waals surface area contributed by atoms with Gasteiger partial charge in [-0.1, -0.05) is 12.1 Å². The summed E-state index contributed by atoms with van der Waals surface area (Å²) in [6.45, 7) is 0. The molecule has 1 atom stereocenters. The van der Waals surface area contributed by atoms with Gasteiger partial charge in [0.15, 0.2) is 0 Å². The Kier molecular flexibility index (Phi) is 8.69. The van der Waals surface area contributed by atoms with Gasteiger partial charge < -0.3 is 11.1 Å². The average molecular weight is 352 g/mol. The topological polar surface area (TPSA) is 68.0 Å². The highest BCUT2D eigenvalue weighted by Crippen LogP contribution is 2.13. The number of carbonyl (C=O) groups excluding carboxylic acids is 1. The number of hydrogen-bond acceptors (Lipinski definition) is 4. The SMILES string of the molecule is CSCC[C@H](N)C(=O)Nc1ccc(Cc2ccncc2)cc1.Cl. The molecule has 0 radical (unpaired) electrons. The Morgan fingerprint density at radius 3 is 2.39 bits per heavy atom.